The van der Waals surface area contributed by atoms with Crippen LogP contribution in [0.5, 0.6) is 0 Å². The minimum absolute atomic E-state index is 0.179. The molecule has 0 spiro atoms. The fraction of sp³-hybridized carbons (Fsp3) is 0.267. The van der Waals surface area contributed by atoms with Gasteiger partial charge < -0.3 is 4.52 Å². The van der Waals surface area contributed by atoms with Crippen molar-refractivity contribution in [3.8, 4) is 0 Å². The van der Waals surface area contributed by atoms with Crippen LogP contribution >= 0.6 is 11.3 Å². The van der Waals surface area contributed by atoms with E-state index in [2.05, 4.69) is 15.5 Å². The van der Waals surface area contributed by atoms with Gasteiger partial charge in [-0.2, -0.15) is 0 Å². The Hall–Kier alpha value is -2.21. The lowest BCUT2D eigenvalue weighted by Gasteiger charge is -2.11. The monoisotopic (exact) mass is 301 g/mol. The number of nitrogens with zero attached hydrogens (tertiary/aromatic N) is 2. The Morgan fingerprint density at radius 1 is 1.29 bits per heavy atom. The highest BCUT2D eigenvalue weighted by atomic mass is 32.1. The molecule has 0 aliphatic carbocycles. The van der Waals surface area contributed by atoms with Gasteiger partial charge in [0.1, 0.15) is 5.76 Å². The number of para-hydroxylation sites is 1. The Morgan fingerprint density at radius 2 is 2.05 bits per heavy atom. The van der Waals surface area contributed by atoms with Crippen molar-refractivity contribution in [2.75, 3.05) is 5.32 Å². The molecule has 0 bridgehead atoms. The summed E-state index contributed by atoms with van der Waals surface area (Å²) in [6.07, 6.45) is 0. The molecule has 0 saturated carbocycles. The minimum atomic E-state index is -0.312. The van der Waals surface area contributed by atoms with Gasteiger partial charge in [0.15, 0.2) is 10.8 Å². The van der Waals surface area contributed by atoms with Gasteiger partial charge in [-0.3, -0.25) is 10.1 Å². The van der Waals surface area contributed by atoms with E-state index in [0.29, 0.717) is 10.9 Å². The number of fused-ring (bicyclic) bond motifs is 1. The van der Waals surface area contributed by atoms with E-state index in [1.54, 1.807) is 6.07 Å². The second-order valence-corrected chi connectivity index (χ2v) is 6.80. The van der Waals surface area contributed by atoms with Crippen molar-refractivity contribution in [2.45, 2.75) is 26.2 Å². The van der Waals surface area contributed by atoms with Crippen LogP contribution in [0.15, 0.2) is 34.9 Å². The van der Waals surface area contributed by atoms with Gasteiger partial charge in [-0.05, 0) is 12.1 Å². The molecule has 5 nitrogen and oxygen atoms in total. The number of aromatic nitrogens is 2. The number of nitrogens with one attached hydrogen (secondary N) is 1. The summed E-state index contributed by atoms with van der Waals surface area (Å²) in [5.74, 6) is 0.366. The number of thiazole rings is 1. The molecule has 0 aliphatic heterocycles. The summed E-state index contributed by atoms with van der Waals surface area (Å²) >= 11 is 1.43. The maximum Gasteiger partial charge on any atom is 0.279 e. The third-order valence-electron chi connectivity index (χ3n) is 3.00. The molecule has 21 heavy (non-hydrogen) atoms. The van der Waals surface area contributed by atoms with Gasteiger partial charge in [0.25, 0.3) is 5.91 Å². The predicted molar refractivity (Wildman–Crippen MR) is 82.8 cm³/mol. The summed E-state index contributed by atoms with van der Waals surface area (Å²) in [5.41, 5.74) is 0.953. The lowest BCUT2D eigenvalue weighted by Crippen LogP contribution is -2.12. The molecule has 3 aromatic rings. The number of benzene rings is 1. The van der Waals surface area contributed by atoms with E-state index in [4.69, 9.17) is 4.52 Å². The van der Waals surface area contributed by atoms with E-state index in [1.165, 1.54) is 11.3 Å². The molecule has 1 aromatic carbocycles. The standard InChI is InChI=1S/C15H15N3O2S/c1-15(2,3)12-8-10(18-20-12)13(19)17-14-16-9-6-4-5-7-11(9)21-14/h4-8H,1-3H3,(H,16,17,19). The van der Waals surface area contributed by atoms with E-state index in [-0.39, 0.29) is 17.0 Å². The number of rotatable bonds is 2. The summed E-state index contributed by atoms with van der Waals surface area (Å²) in [5, 5.41) is 7.14. The van der Waals surface area contributed by atoms with Gasteiger partial charge in [-0.25, -0.2) is 4.98 Å². The van der Waals surface area contributed by atoms with Gasteiger partial charge in [-0.1, -0.05) is 49.4 Å². The number of anilines is 1. The molecule has 0 aliphatic rings. The molecule has 0 atom stereocenters. The van der Waals surface area contributed by atoms with Crippen LogP contribution in [0, 0.1) is 0 Å². The fourth-order valence-electron chi connectivity index (χ4n) is 1.82. The lowest BCUT2D eigenvalue weighted by molar-refractivity contribution is 0.101. The second kappa shape index (κ2) is 4.96. The SMILES string of the molecule is CC(C)(C)c1cc(C(=O)Nc2nc3ccccc3s2)no1. The van der Waals surface area contributed by atoms with E-state index in [0.717, 1.165) is 10.2 Å². The quantitative estimate of drug-likeness (QED) is 0.781. The summed E-state index contributed by atoms with van der Waals surface area (Å²) in [6.45, 7) is 6.01. The molecule has 108 valence electrons. The van der Waals surface area contributed by atoms with Crippen LogP contribution < -0.4 is 5.32 Å². The van der Waals surface area contributed by atoms with Crippen LogP contribution in [0.1, 0.15) is 37.0 Å². The minimum Gasteiger partial charge on any atom is -0.360 e. The highest BCUT2D eigenvalue weighted by Gasteiger charge is 2.22. The molecule has 2 aromatic heterocycles. The van der Waals surface area contributed by atoms with Crippen molar-refractivity contribution in [3.05, 3.63) is 41.8 Å². The smallest absolute Gasteiger partial charge is 0.279 e. The highest BCUT2D eigenvalue weighted by Crippen LogP contribution is 2.26. The van der Waals surface area contributed by atoms with E-state index in [1.807, 2.05) is 45.0 Å². The zero-order valence-electron chi connectivity index (χ0n) is 12.0. The second-order valence-electron chi connectivity index (χ2n) is 5.77. The van der Waals surface area contributed by atoms with Gasteiger partial charge in [-0.15, -0.1) is 0 Å². The number of carbonyl (C=O) groups is 1. The van der Waals surface area contributed by atoms with Gasteiger partial charge in [0.2, 0.25) is 0 Å². The Labute approximate surface area is 126 Å². The van der Waals surface area contributed by atoms with E-state index < -0.39 is 0 Å². The van der Waals surface area contributed by atoms with Crippen LogP contribution in [0.2, 0.25) is 0 Å². The van der Waals surface area contributed by atoms with Crippen LogP contribution in [0.25, 0.3) is 10.2 Å². The Kier molecular flexibility index (Phi) is 3.25. The van der Waals surface area contributed by atoms with Crippen molar-refractivity contribution >= 4 is 32.6 Å². The van der Waals surface area contributed by atoms with Crippen molar-refractivity contribution in [1.82, 2.24) is 10.1 Å². The first-order valence-corrected chi connectivity index (χ1v) is 7.39. The largest absolute Gasteiger partial charge is 0.360 e. The third-order valence-corrected chi connectivity index (χ3v) is 3.95. The third kappa shape index (κ3) is 2.80. The number of hydrogen-bond donors (Lipinski definition) is 1. The molecule has 3 rings (SSSR count). The summed E-state index contributed by atoms with van der Waals surface area (Å²) in [4.78, 5) is 16.5. The Balaban J connectivity index is 1.81. The van der Waals surface area contributed by atoms with Crippen LogP contribution in [0.3, 0.4) is 0 Å². The molecule has 0 radical (unpaired) electrons. The maximum absolute atomic E-state index is 12.2. The Bertz CT molecular complexity index is 765. The van der Waals surface area contributed by atoms with Crippen LogP contribution in [-0.2, 0) is 5.41 Å². The normalized spacial score (nSPS) is 11.8. The number of carbonyl (C=O) groups excluding carboxylic acids is 1. The average Bonchev–Trinajstić information content (AvgIpc) is 3.04. The average molecular weight is 301 g/mol. The summed E-state index contributed by atoms with van der Waals surface area (Å²) in [7, 11) is 0. The molecular weight excluding hydrogens is 286 g/mol. The topological polar surface area (TPSA) is 68.0 Å². The van der Waals surface area contributed by atoms with Gasteiger partial charge in [0.05, 0.1) is 10.2 Å². The van der Waals surface area contributed by atoms with Crippen molar-refractivity contribution < 1.29 is 9.32 Å². The first kappa shape index (κ1) is 13.8. The molecule has 1 N–H and O–H groups in total. The Morgan fingerprint density at radius 3 is 2.71 bits per heavy atom. The van der Waals surface area contributed by atoms with Crippen molar-refractivity contribution in [1.29, 1.82) is 0 Å². The number of amides is 1. The van der Waals surface area contributed by atoms with Crippen molar-refractivity contribution in [2.24, 2.45) is 0 Å². The highest BCUT2D eigenvalue weighted by molar-refractivity contribution is 7.22. The summed E-state index contributed by atoms with van der Waals surface area (Å²) < 4.78 is 6.25. The predicted octanol–water partition coefficient (Wildman–Crippen LogP) is 3.83. The molecule has 0 fully saturated rings. The summed E-state index contributed by atoms with van der Waals surface area (Å²) in [6, 6.07) is 9.41. The molecular formula is C15H15N3O2S. The molecule has 0 saturated heterocycles. The molecule has 6 heteroatoms. The fourth-order valence-corrected chi connectivity index (χ4v) is 2.68. The molecule has 2 heterocycles. The zero-order chi connectivity index (χ0) is 15.0. The number of hydrogen-bond acceptors (Lipinski definition) is 5. The zero-order valence-corrected chi connectivity index (χ0v) is 12.8. The van der Waals surface area contributed by atoms with Crippen molar-refractivity contribution in [3.63, 3.8) is 0 Å². The first-order chi connectivity index (χ1) is 9.93. The van der Waals surface area contributed by atoms with Crippen LogP contribution in [-0.4, -0.2) is 16.0 Å². The molecule has 1 amide bonds. The van der Waals surface area contributed by atoms with E-state index >= 15 is 0 Å². The van der Waals surface area contributed by atoms with Gasteiger partial charge in [0, 0.05) is 11.5 Å². The maximum atomic E-state index is 12.2. The lowest BCUT2D eigenvalue weighted by atomic mass is 9.93. The molecule has 0 unspecified atom stereocenters. The first-order valence-electron chi connectivity index (χ1n) is 6.57. The van der Waals surface area contributed by atoms with E-state index in [9.17, 15) is 4.79 Å². The van der Waals surface area contributed by atoms with Gasteiger partial charge >= 0.3 is 0 Å². The van der Waals surface area contributed by atoms with Crippen LogP contribution in [0.4, 0.5) is 5.13 Å².